The van der Waals surface area contributed by atoms with Crippen LogP contribution in [0, 0.1) is 0 Å². The maximum absolute atomic E-state index is 13.0. The van der Waals surface area contributed by atoms with Gasteiger partial charge in [-0.05, 0) is 89.9 Å². The number of allylic oxidation sites excluding steroid dienone is 10. The van der Waals surface area contributed by atoms with Crippen molar-refractivity contribution in [2.75, 3.05) is 19.8 Å². The molecule has 0 aromatic heterocycles. The SMILES string of the molecule is CCCC/C=C\C/C=C\CCCCCCCC(=O)OCC/C=C\C/C=C\CCCCCCCCCCCCCCCCC(=O)NC(COC1OC(CO)C(O)C(O)C1O)C(O)/C=C/CC/C=C/CCCCCCC. The number of ether oxygens (including phenoxy) is 3. The minimum Gasteiger partial charge on any atom is -0.465 e. The molecule has 0 spiro atoms. The first kappa shape index (κ1) is 69.1. The van der Waals surface area contributed by atoms with E-state index in [0.717, 1.165) is 89.9 Å². The van der Waals surface area contributed by atoms with Crippen LogP contribution in [0.2, 0.25) is 0 Å². The van der Waals surface area contributed by atoms with Gasteiger partial charge in [-0.15, -0.1) is 0 Å². The number of carbonyl (C=O) groups excluding carboxylic acids is 2. The molecule has 1 rings (SSSR count). The van der Waals surface area contributed by atoms with Crippen molar-refractivity contribution in [1.29, 1.82) is 0 Å². The van der Waals surface area contributed by atoms with E-state index in [2.05, 4.69) is 79.9 Å². The van der Waals surface area contributed by atoms with Gasteiger partial charge in [-0.25, -0.2) is 0 Å². The predicted molar refractivity (Wildman–Crippen MR) is 306 cm³/mol. The zero-order chi connectivity index (χ0) is 53.8. The Morgan fingerprint density at radius 3 is 1.46 bits per heavy atom. The Labute approximate surface area is 451 Å². The number of hydrogen-bond acceptors (Lipinski definition) is 10. The number of esters is 1. The van der Waals surface area contributed by atoms with Crippen molar-refractivity contribution in [3.63, 3.8) is 0 Å². The first-order valence-corrected chi connectivity index (χ1v) is 30.2. The first-order chi connectivity index (χ1) is 36.2. The van der Waals surface area contributed by atoms with Crippen LogP contribution < -0.4 is 5.32 Å². The molecule has 1 amide bonds. The van der Waals surface area contributed by atoms with Gasteiger partial charge in [0.1, 0.15) is 24.4 Å². The average molecular weight is 1040 g/mol. The normalized spacial score (nSPS) is 19.4. The molecular weight excluding hydrogens is 931 g/mol. The molecule has 11 heteroatoms. The molecule has 7 unspecified atom stereocenters. The third-order valence-electron chi connectivity index (χ3n) is 13.8. The molecule has 428 valence electrons. The van der Waals surface area contributed by atoms with E-state index in [9.17, 15) is 35.1 Å². The minimum absolute atomic E-state index is 0.0646. The number of nitrogens with one attached hydrogen (secondary N) is 1. The van der Waals surface area contributed by atoms with Gasteiger partial charge in [0.15, 0.2) is 6.29 Å². The lowest BCUT2D eigenvalue weighted by atomic mass is 9.99. The summed E-state index contributed by atoms with van der Waals surface area (Å²) in [5.74, 6) is -0.264. The van der Waals surface area contributed by atoms with Crippen LogP contribution in [0.25, 0.3) is 0 Å². The molecule has 1 aliphatic rings. The van der Waals surface area contributed by atoms with Crippen LogP contribution in [0.3, 0.4) is 0 Å². The second-order valence-corrected chi connectivity index (χ2v) is 20.7. The van der Waals surface area contributed by atoms with E-state index in [4.69, 9.17) is 14.2 Å². The smallest absolute Gasteiger partial charge is 0.305 e. The molecule has 0 saturated carbocycles. The van der Waals surface area contributed by atoms with Crippen molar-refractivity contribution in [3.8, 4) is 0 Å². The summed E-state index contributed by atoms with van der Waals surface area (Å²) in [5, 5.41) is 54.3. The number of rotatable bonds is 51. The monoisotopic (exact) mass is 1040 g/mol. The van der Waals surface area contributed by atoms with Crippen LogP contribution in [0.4, 0.5) is 0 Å². The molecule has 0 bridgehead atoms. The second kappa shape index (κ2) is 52.2. The number of aliphatic hydroxyl groups is 5. The fourth-order valence-corrected chi connectivity index (χ4v) is 8.95. The number of aliphatic hydroxyl groups excluding tert-OH is 5. The largest absolute Gasteiger partial charge is 0.465 e. The molecule has 7 atom stereocenters. The average Bonchev–Trinajstić information content (AvgIpc) is 3.40. The lowest BCUT2D eigenvalue weighted by Crippen LogP contribution is -2.60. The van der Waals surface area contributed by atoms with Crippen molar-refractivity contribution < 1.29 is 49.3 Å². The Bertz CT molecular complexity index is 1460. The fourth-order valence-electron chi connectivity index (χ4n) is 8.95. The summed E-state index contributed by atoms with van der Waals surface area (Å²) in [6, 6.07) is -0.832. The van der Waals surface area contributed by atoms with Gasteiger partial charge >= 0.3 is 5.97 Å². The highest BCUT2D eigenvalue weighted by Crippen LogP contribution is 2.23. The zero-order valence-corrected chi connectivity index (χ0v) is 47.0. The number of unbranched alkanes of at least 4 members (excludes halogenated alkanes) is 27. The molecule has 6 N–H and O–H groups in total. The molecule has 1 saturated heterocycles. The summed E-state index contributed by atoms with van der Waals surface area (Å²) in [6.45, 7) is 4.13. The van der Waals surface area contributed by atoms with Crippen molar-refractivity contribution >= 4 is 11.9 Å². The zero-order valence-electron chi connectivity index (χ0n) is 47.0. The summed E-state index contributed by atoms with van der Waals surface area (Å²) in [5.41, 5.74) is 0. The fraction of sp³-hybridized carbons (Fsp3) is 0.778. The molecule has 1 fully saturated rings. The maximum atomic E-state index is 13.0. The van der Waals surface area contributed by atoms with Crippen molar-refractivity contribution in [2.45, 2.75) is 294 Å². The van der Waals surface area contributed by atoms with Gasteiger partial charge in [-0.1, -0.05) is 222 Å². The van der Waals surface area contributed by atoms with Crippen LogP contribution in [0.5, 0.6) is 0 Å². The molecule has 1 aliphatic heterocycles. The Balaban J connectivity index is 2.07. The standard InChI is InChI=1S/C63H111NO10/c1-3-5-7-9-11-13-15-16-27-31-35-39-43-47-51-59(68)72-52-48-44-40-36-32-28-25-23-21-19-17-18-20-22-24-26-30-34-38-42-46-50-58(67)64-55(54-73-63-62(71)61(70)60(69)57(53-65)74-63)56(66)49-45-41-37-33-29-14-12-10-8-6-4-2/h9,11,15-16,28-29,32-33,40,44-45,49,55-57,60-63,65-66,69-71H,3-8,10,12-14,17-27,30-31,34-39,41-43,46-48,50-54H2,1-2H3,(H,64,67)/b11-9-,16-15-,32-28-,33-29+,44-40-,49-45+. The highest BCUT2D eigenvalue weighted by molar-refractivity contribution is 5.76. The molecule has 0 aliphatic carbocycles. The summed E-state index contributed by atoms with van der Waals surface area (Å²) in [4.78, 5) is 25.0. The van der Waals surface area contributed by atoms with Crippen LogP contribution >= 0.6 is 0 Å². The van der Waals surface area contributed by atoms with Crippen molar-refractivity contribution in [2.24, 2.45) is 0 Å². The molecule has 0 radical (unpaired) electrons. The molecular formula is C63H111NO10. The van der Waals surface area contributed by atoms with Gasteiger partial charge in [0.2, 0.25) is 5.91 Å². The second-order valence-electron chi connectivity index (χ2n) is 20.7. The topological polar surface area (TPSA) is 175 Å². The third kappa shape index (κ3) is 41.3. The van der Waals surface area contributed by atoms with E-state index in [0.29, 0.717) is 19.4 Å². The number of amides is 1. The van der Waals surface area contributed by atoms with Crippen LogP contribution in [-0.2, 0) is 23.8 Å². The van der Waals surface area contributed by atoms with Crippen LogP contribution in [0.15, 0.2) is 72.9 Å². The van der Waals surface area contributed by atoms with Gasteiger partial charge in [-0.3, -0.25) is 9.59 Å². The lowest BCUT2D eigenvalue weighted by Gasteiger charge is -2.40. The first-order valence-electron chi connectivity index (χ1n) is 30.2. The molecule has 0 aromatic rings. The summed E-state index contributed by atoms with van der Waals surface area (Å²) >= 11 is 0. The Hall–Kier alpha value is -2.90. The van der Waals surface area contributed by atoms with E-state index in [1.165, 1.54) is 135 Å². The Morgan fingerprint density at radius 1 is 0.500 bits per heavy atom. The van der Waals surface area contributed by atoms with Crippen molar-refractivity contribution in [3.05, 3.63) is 72.9 Å². The van der Waals surface area contributed by atoms with Gasteiger partial charge in [0, 0.05) is 12.8 Å². The highest BCUT2D eigenvalue weighted by atomic mass is 16.7. The van der Waals surface area contributed by atoms with Crippen LogP contribution in [0.1, 0.15) is 251 Å². The Morgan fingerprint density at radius 2 is 0.932 bits per heavy atom. The summed E-state index contributed by atoms with van der Waals surface area (Å²) < 4.78 is 16.6. The Kier molecular flexibility index (Phi) is 48.7. The minimum atomic E-state index is -1.58. The molecule has 11 nitrogen and oxygen atoms in total. The van der Waals surface area contributed by atoms with E-state index >= 15 is 0 Å². The third-order valence-corrected chi connectivity index (χ3v) is 13.8. The van der Waals surface area contributed by atoms with Gasteiger partial charge < -0.3 is 45.1 Å². The van der Waals surface area contributed by atoms with Crippen molar-refractivity contribution in [1.82, 2.24) is 5.32 Å². The van der Waals surface area contributed by atoms with Gasteiger partial charge in [0.05, 0.1) is 32.0 Å². The van der Waals surface area contributed by atoms with E-state index in [-0.39, 0.29) is 18.5 Å². The quantitative estimate of drug-likeness (QED) is 0.0195. The van der Waals surface area contributed by atoms with E-state index in [1.54, 1.807) is 6.08 Å². The lowest BCUT2D eigenvalue weighted by molar-refractivity contribution is -0.302. The van der Waals surface area contributed by atoms with Crippen LogP contribution in [-0.4, -0.2) is 100 Å². The van der Waals surface area contributed by atoms with E-state index in [1.807, 2.05) is 6.08 Å². The maximum Gasteiger partial charge on any atom is 0.305 e. The number of carbonyl (C=O) groups is 2. The summed E-state index contributed by atoms with van der Waals surface area (Å²) in [6.07, 6.45) is 58.7. The van der Waals surface area contributed by atoms with Gasteiger partial charge in [0.25, 0.3) is 0 Å². The highest BCUT2D eigenvalue weighted by Gasteiger charge is 2.44. The number of hydrogen-bond donors (Lipinski definition) is 6. The summed E-state index contributed by atoms with van der Waals surface area (Å²) in [7, 11) is 0. The molecule has 1 heterocycles. The molecule has 74 heavy (non-hydrogen) atoms. The molecule has 0 aromatic carbocycles. The predicted octanol–water partition coefficient (Wildman–Crippen LogP) is 14.0. The van der Waals surface area contributed by atoms with Gasteiger partial charge in [-0.2, -0.15) is 0 Å². The van der Waals surface area contributed by atoms with E-state index < -0.39 is 49.5 Å².